The molecule has 1 amide bonds. The Hall–Kier alpha value is -1.43. The predicted molar refractivity (Wildman–Crippen MR) is 61.5 cm³/mol. The number of aromatic nitrogens is 2. The van der Waals surface area contributed by atoms with E-state index in [1.807, 2.05) is 0 Å². The maximum Gasteiger partial charge on any atom is 0.241 e. The lowest BCUT2D eigenvalue weighted by Gasteiger charge is -2.20. The molecule has 1 fully saturated rings. The molecule has 92 valence electrons. The van der Waals surface area contributed by atoms with Crippen LogP contribution in [0.4, 0.5) is 10.2 Å². The van der Waals surface area contributed by atoms with Gasteiger partial charge in [0.2, 0.25) is 11.2 Å². The number of anilines is 1. The summed E-state index contributed by atoms with van der Waals surface area (Å²) < 4.78 is 13.6. The number of rotatable bonds is 1. The normalized spacial score (nSPS) is 17.2. The van der Waals surface area contributed by atoms with E-state index in [1.165, 1.54) is 0 Å². The summed E-state index contributed by atoms with van der Waals surface area (Å²) in [6.45, 7) is 1.34. The average Bonchev–Trinajstić information content (AvgIpc) is 2.45. The van der Waals surface area contributed by atoms with Crippen molar-refractivity contribution in [2.45, 2.75) is 6.42 Å². The van der Waals surface area contributed by atoms with Crippen molar-refractivity contribution in [3.8, 4) is 0 Å². The summed E-state index contributed by atoms with van der Waals surface area (Å²) in [5.41, 5.74) is 0. The van der Waals surface area contributed by atoms with Crippen LogP contribution in [0.2, 0.25) is 5.28 Å². The Morgan fingerprint density at radius 1 is 1.47 bits per heavy atom. The van der Waals surface area contributed by atoms with E-state index in [9.17, 15) is 9.18 Å². The highest BCUT2D eigenvalue weighted by atomic mass is 35.5. The molecular weight excluding hydrogens is 247 g/mol. The second-order valence-electron chi connectivity index (χ2n) is 3.90. The van der Waals surface area contributed by atoms with E-state index in [-0.39, 0.29) is 23.6 Å². The first-order valence-electron chi connectivity index (χ1n) is 5.25. The first-order chi connectivity index (χ1) is 8.08. The number of hydrogen-bond acceptors (Lipinski definition) is 4. The Bertz CT molecular complexity index is 442. The topological polar surface area (TPSA) is 49.3 Å². The van der Waals surface area contributed by atoms with Gasteiger partial charge in [0.25, 0.3) is 0 Å². The molecule has 1 aromatic heterocycles. The summed E-state index contributed by atoms with van der Waals surface area (Å²) in [7, 11) is 1.73. The van der Waals surface area contributed by atoms with Crippen molar-refractivity contribution in [1.82, 2.24) is 14.9 Å². The van der Waals surface area contributed by atoms with E-state index in [2.05, 4.69) is 9.97 Å². The smallest absolute Gasteiger partial charge is 0.241 e. The molecule has 0 radical (unpaired) electrons. The third-order valence-corrected chi connectivity index (χ3v) is 2.85. The third-order valence-electron chi connectivity index (χ3n) is 2.67. The molecule has 2 heterocycles. The molecule has 0 atom stereocenters. The molecule has 1 aromatic rings. The molecule has 17 heavy (non-hydrogen) atoms. The van der Waals surface area contributed by atoms with Crippen LogP contribution in [0.3, 0.4) is 0 Å². The standard InChI is InChI=1S/C10H12ClFN4O/c1-15-3-2-4-16(6-8(15)17)9-7(12)5-13-10(11)14-9/h5H,2-4,6H2,1H3. The van der Waals surface area contributed by atoms with E-state index < -0.39 is 5.82 Å². The lowest BCUT2D eigenvalue weighted by atomic mass is 10.4. The maximum atomic E-state index is 13.6. The van der Waals surface area contributed by atoms with Gasteiger partial charge < -0.3 is 9.80 Å². The SMILES string of the molecule is CN1CCCN(c2nc(Cl)ncc2F)CC1=O. The van der Waals surface area contributed by atoms with Crippen LogP contribution in [0.15, 0.2) is 6.20 Å². The lowest BCUT2D eigenvalue weighted by Crippen LogP contribution is -2.35. The lowest BCUT2D eigenvalue weighted by molar-refractivity contribution is -0.127. The van der Waals surface area contributed by atoms with Gasteiger partial charge >= 0.3 is 0 Å². The molecule has 5 nitrogen and oxygen atoms in total. The molecule has 0 spiro atoms. The van der Waals surface area contributed by atoms with Crippen molar-refractivity contribution in [2.75, 3.05) is 31.6 Å². The number of hydrogen-bond donors (Lipinski definition) is 0. The highest BCUT2D eigenvalue weighted by molar-refractivity contribution is 6.28. The van der Waals surface area contributed by atoms with Gasteiger partial charge in [-0.3, -0.25) is 4.79 Å². The van der Waals surface area contributed by atoms with Crippen LogP contribution in [-0.4, -0.2) is 47.5 Å². The fourth-order valence-corrected chi connectivity index (χ4v) is 1.86. The van der Waals surface area contributed by atoms with Crippen LogP contribution < -0.4 is 4.90 Å². The quantitative estimate of drug-likeness (QED) is 0.704. The largest absolute Gasteiger partial charge is 0.345 e. The zero-order valence-electron chi connectivity index (χ0n) is 9.36. The van der Waals surface area contributed by atoms with Gasteiger partial charge in [0, 0.05) is 20.1 Å². The van der Waals surface area contributed by atoms with Gasteiger partial charge in [-0.25, -0.2) is 9.37 Å². The molecule has 1 aliphatic heterocycles. The summed E-state index contributed by atoms with van der Waals surface area (Å²) >= 11 is 5.63. The van der Waals surface area contributed by atoms with E-state index in [1.54, 1.807) is 16.8 Å². The summed E-state index contributed by atoms with van der Waals surface area (Å²) in [5, 5.41) is -0.0218. The molecule has 1 aliphatic rings. The second kappa shape index (κ2) is 4.83. The number of carbonyl (C=O) groups excluding carboxylic acids is 1. The summed E-state index contributed by atoms with van der Waals surface area (Å²) in [6, 6.07) is 0. The van der Waals surface area contributed by atoms with E-state index in [0.717, 1.165) is 12.6 Å². The van der Waals surface area contributed by atoms with Gasteiger partial charge in [-0.05, 0) is 18.0 Å². The van der Waals surface area contributed by atoms with Gasteiger partial charge in [0.05, 0.1) is 12.7 Å². The van der Waals surface area contributed by atoms with Gasteiger partial charge in [-0.2, -0.15) is 4.98 Å². The van der Waals surface area contributed by atoms with Crippen LogP contribution >= 0.6 is 11.6 Å². The van der Waals surface area contributed by atoms with Crippen molar-refractivity contribution in [3.63, 3.8) is 0 Å². The van der Waals surface area contributed by atoms with Gasteiger partial charge in [0.15, 0.2) is 11.6 Å². The Balaban J connectivity index is 2.26. The van der Waals surface area contributed by atoms with Crippen molar-refractivity contribution in [2.24, 2.45) is 0 Å². The zero-order valence-corrected chi connectivity index (χ0v) is 10.1. The Morgan fingerprint density at radius 2 is 2.24 bits per heavy atom. The third kappa shape index (κ3) is 2.63. The fourth-order valence-electron chi connectivity index (χ4n) is 1.73. The molecule has 0 unspecified atom stereocenters. The highest BCUT2D eigenvalue weighted by Crippen LogP contribution is 2.19. The molecule has 0 N–H and O–H groups in total. The number of halogens is 2. The number of likely N-dealkylation sites (N-methyl/N-ethyl adjacent to an activating group) is 1. The Morgan fingerprint density at radius 3 is 3.00 bits per heavy atom. The molecule has 0 aromatic carbocycles. The minimum Gasteiger partial charge on any atom is -0.345 e. The highest BCUT2D eigenvalue weighted by Gasteiger charge is 2.22. The van der Waals surface area contributed by atoms with E-state index >= 15 is 0 Å². The van der Waals surface area contributed by atoms with Gasteiger partial charge in [-0.1, -0.05) is 0 Å². The molecular formula is C10H12ClFN4O. The molecule has 0 bridgehead atoms. The molecule has 0 saturated carbocycles. The molecule has 1 saturated heterocycles. The monoisotopic (exact) mass is 258 g/mol. The van der Waals surface area contributed by atoms with Gasteiger partial charge in [-0.15, -0.1) is 0 Å². The Labute approximate surface area is 103 Å². The van der Waals surface area contributed by atoms with Crippen molar-refractivity contribution in [3.05, 3.63) is 17.3 Å². The van der Waals surface area contributed by atoms with Gasteiger partial charge in [0.1, 0.15) is 0 Å². The number of nitrogens with zero attached hydrogens (tertiary/aromatic N) is 4. The minimum atomic E-state index is -0.563. The van der Waals surface area contributed by atoms with E-state index in [0.29, 0.717) is 13.1 Å². The van der Waals surface area contributed by atoms with Crippen LogP contribution in [0.1, 0.15) is 6.42 Å². The van der Waals surface area contributed by atoms with Crippen molar-refractivity contribution >= 4 is 23.3 Å². The summed E-state index contributed by atoms with van der Waals surface area (Å²) in [6.07, 6.45) is 1.78. The first kappa shape index (κ1) is 12.0. The van der Waals surface area contributed by atoms with Crippen molar-refractivity contribution < 1.29 is 9.18 Å². The maximum absolute atomic E-state index is 13.6. The van der Waals surface area contributed by atoms with Crippen LogP contribution in [-0.2, 0) is 4.79 Å². The predicted octanol–water partition coefficient (Wildman–Crippen LogP) is 0.938. The Kier molecular flexibility index (Phi) is 3.42. The first-order valence-corrected chi connectivity index (χ1v) is 5.62. The summed E-state index contributed by atoms with van der Waals surface area (Å²) in [5.74, 6) is -0.531. The molecule has 0 aliphatic carbocycles. The van der Waals surface area contributed by atoms with E-state index in [4.69, 9.17) is 11.6 Å². The van der Waals surface area contributed by atoms with Crippen LogP contribution in [0, 0.1) is 5.82 Å². The van der Waals surface area contributed by atoms with Crippen LogP contribution in [0.5, 0.6) is 0 Å². The summed E-state index contributed by atoms with van der Waals surface area (Å²) in [4.78, 5) is 22.3. The molecule has 2 rings (SSSR count). The fraction of sp³-hybridized carbons (Fsp3) is 0.500. The van der Waals surface area contributed by atoms with Crippen molar-refractivity contribution in [1.29, 1.82) is 0 Å². The average molecular weight is 259 g/mol. The van der Waals surface area contributed by atoms with Crippen LogP contribution in [0.25, 0.3) is 0 Å². The number of carbonyl (C=O) groups is 1. The zero-order chi connectivity index (χ0) is 12.4. The minimum absolute atomic E-state index is 0.0218. The molecule has 7 heteroatoms. The second-order valence-corrected chi connectivity index (χ2v) is 4.24. The number of amides is 1.